The lowest BCUT2D eigenvalue weighted by Gasteiger charge is -2.35. The number of nitrogens with one attached hydrogen (secondary N) is 2. The zero-order valence-electron chi connectivity index (χ0n) is 30.0. The van der Waals surface area contributed by atoms with Gasteiger partial charge in [0.25, 0.3) is 27.5 Å². The SMILES string of the molecule is CCOc1cncc(C#Cc2cncc(C(=O)N3CCN(c4ccc(C(=O)NS(=O)(=O)c5ccc(NCCSc6ccccc6)c([N+](=O)[O-])c5)nn4)CC3)c2)c1. The van der Waals surface area contributed by atoms with Crippen molar-refractivity contribution >= 4 is 50.8 Å². The number of nitro benzene ring substituents is 1. The molecule has 0 saturated carbocycles. The summed E-state index contributed by atoms with van der Waals surface area (Å²) in [6.07, 6.45) is 6.31. The summed E-state index contributed by atoms with van der Waals surface area (Å²) < 4.78 is 33.5. The number of ether oxygens (including phenoxy) is 1. The smallest absolute Gasteiger partial charge is 0.293 e. The summed E-state index contributed by atoms with van der Waals surface area (Å²) in [7, 11) is -4.50. The normalized spacial score (nSPS) is 12.6. The summed E-state index contributed by atoms with van der Waals surface area (Å²) in [6, 6.07) is 19.3. The van der Waals surface area contributed by atoms with E-state index in [0.717, 1.165) is 11.0 Å². The Kier molecular flexibility index (Phi) is 12.7. The molecule has 1 saturated heterocycles. The van der Waals surface area contributed by atoms with Crippen molar-refractivity contribution in [3.05, 3.63) is 130 Å². The summed E-state index contributed by atoms with van der Waals surface area (Å²) in [4.78, 5) is 49.8. The second kappa shape index (κ2) is 18.2. The van der Waals surface area contributed by atoms with Gasteiger partial charge in [-0.2, -0.15) is 0 Å². The molecule has 0 spiro atoms. The highest BCUT2D eigenvalue weighted by atomic mass is 32.2. The number of carbonyl (C=O) groups excluding carboxylic acids is 2. The number of hydrogen-bond acceptors (Lipinski definition) is 14. The van der Waals surface area contributed by atoms with E-state index in [-0.39, 0.29) is 17.3 Å². The van der Waals surface area contributed by atoms with Gasteiger partial charge in [-0.3, -0.25) is 29.7 Å². The first kappa shape index (κ1) is 39.1. The third-order valence-corrected chi connectivity index (χ3v) is 10.6. The van der Waals surface area contributed by atoms with Gasteiger partial charge >= 0.3 is 0 Å². The van der Waals surface area contributed by atoms with E-state index in [1.165, 1.54) is 30.5 Å². The predicted octanol–water partition coefficient (Wildman–Crippen LogP) is 4.26. The van der Waals surface area contributed by atoms with Gasteiger partial charge in [-0.1, -0.05) is 30.0 Å². The maximum absolute atomic E-state index is 13.3. The van der Waals surface area contributed by atoms with Crippen LogP contribution in [0.25, 0.3) is 0 Å². The molecule has 3 aromatic heterocycles. The molecular weight excluding hydrogens is 759 g/mol. The first-order chi connectivity index (χ1) is 27.1. The van der Waals surface area contributed by atoms with E-state index in [1.54, 1.807) is 47.4 Å². The molecule has 0 bridgehead atoms. The number of nitrogens with zero attached hydrogens (tertiary/aromatic N) is 7. The zero-order chi connectivity index (χ0) is 39.5. The number of pyridine rings is 2. The molecule has 0 radical (unpaired) electrons. The molecule has 2 aromatic carbocycles. The molecule has 4 heterocycles. The molecule has 16 nitrogen and oxygen atoms in total. The van der Waals surface area contributed by atoms with Crippen LogP contribution in [0, 0.1) is 22.0 Å². The average molecular weight is 794 g/mol. The molecule has 1 aliphatic heterocycles. The number of carbonyl (C=O) groups is 2. The van der Waals surface area contributed by atoms with Crippen LogP contribution < -0.4 is 19.7 Å². The van der Waals surface area contributed by atoms with Crippen LogP contribution in [0.1, 0.15) is 38.9 Å². The number of sulfonamides is 1. The molecule has 6 rings (SSSR count). The van der Waals surface area contributed by atoms with Crippen molar-refractivity contribution in [2.75, 3.05) is 55.3 Å². The summed E-state index contributed by atoms with van der Waals surface area (Å²) in [5, 5.41) is 22.8. The summed E-state index contributed by atoms with van der Waals surface area (Å²) in [5.41, 5.74) is 1.05. The average Bonchev–Trinajstić information content (AvgIpc) is 3.22. The quantitative estimate of drug-likeness (QED) is 0.0563. The van der Waals surface area contributed by atoms with E-state index in [4.69, 9.17) is 4.74 Å². The van der Waals surface area contributed by atoms with Crippen LogP contribution in [0.3, 0.4) is 0 Å². The van der Waals surface area contributed by atoms with Crippen LogP contribution in [0.5, 0.6) is 5.75 Å². The Morgan fingerprint density at radius 1 is 0.911 bits per heavy atom. The lowest BCUT2D eigenvalue weighted by Crippen LogP contribution is -2.49. The lowest BCUT2D eigenvalue weighted by molar-refractivity contribution is -0.384. The summed E-state index contributed by atoms with van der Waals surface area (Å²) >= 11 is 1.56. The number of anilines is 2. The third kappa shape index (κ3) is 10.1. The first-order valence-corrected chi connectivity index (χ1v) is 19.8. The molecule has 56 heavy (non-hydrogen) atoms. The monoisotopic (exact) mass is 793 g/mol. The molecule has 286 valence electrons. The molecular formula is C38H35N9O7S2. The second-order valence-electron chi connectivity index (χ2n) is 12.1. The minimum Gasteiger partial charge on any atom is -0.492 e. The summed E-state index contributed by atoms with van der Waals surface area (Å²) in [5.74, 6) is 6.44. The van der Waals surface area contributed by atoms with Gasteiger partial charge in [-0.25, -0.2) is 13.1 Å². The van der Waals surface area contributed by atoms with Gasteiger partial charge in [-0.05, 0) is 55.5 Å². The number of benzene rings is 2. The van der Waals surface area contributed by atoms with Crippen LogP contribution in [0.2, 0.25) is 0 Å². The third-order valence-electron chi connectivity index (χ3n) is 8.27. The molecule has 18 heteroatoms. The Bertz CT molecular complexity index is 2380. The van der Waals surface area contributed by atoms with E-state index in [1.807, 2.05) is 46.9 Å². The van der Waals surface area contributed by atoms with Crippen molar-refractivity contribution in [1.82, 2.24) is 29.8 Å². The van der Waals surface area contributed by atoms with Crippen LogP contribution in [0.15, 0.2) is 107 Å². The van der Waals surface area contributed by atoms with E-state index < -0.39 is 31.4 Å². The van der Waals surface area contributed by atoms with E-state index in [0.29, 0.717) is 73.3 Å². The maximum Gasteiger partial charge on any atom is 0.293 e. The Balaban J connectivity index is 1.01. The number of hydrogen-bond donors (Lipinski definition) is 2. The fourth-order valence-electron chi connectivity index (χ4n) is 5.52. The van der Waals surface area contributed by atoms with E-state index >= 15 is 0 Å². The fourth-order valence-corrected chi connectivity index (χ4v) is 7.29. The minimum atomic E-state index is -4.50. The van der Waals surface area contributed by atoms with Gasteiger partial charge in [0.1, 0.15) is 11.4 Å². The molecule has 0 atom stereocenters. The highest BCUT2D eigenvalue weighted by Crippen LogP contribution is 2.28. The van der Waals surface area contributed by atoms with Crippen LogP contribution in [-0.2, 0) is 10.0 Å². The Morgan fingerprint density at radius 2 is 1.64 bits per heavy atom. The number of piperazine rings is 1. The van der Waals surface area contributed by atoms with Gasteiger partial charge in [0, 0.05) is 79.2 Å². The Labute approximate surface area is 326 Å². The molecule has 2 N–H and O–H groups in total. The second-order valence-corrected chi connectivity index (χ2v) is 14.9. The van der Waals surface area contributed by atoms with Gasteiger partial charge in [0.15, 0.2) is 11.5 Å². The molecule has 1 aliphatic rings. The largest absolute Gasteiger partial charge is 0.492 e. The molecule has 2 amide bonds. The predicted molar refractivity (Wildman–Crippen MR) is 209 cm³/mol. The number of thioether (sulfide) groups is 1. The van der Waals surface area contributed by atoms with Crippen molar-refractivity contribution < 1.29 is 27.7 Å². The molecule has 1 fully saturated rings. The van der Waals surface area contributed by atoms with E-state index in [9.17, 15) is 28.1 Å². The Hall–Kier alpha value is -6.58. The number of aromatic nitrogens is 4. The number of rotatable bonds is 13. The van der Waals surface area contributed by atoms with Gasteiger partial charge < -0.3 is 19.9 Å². The van der Waals surface area contributed by atoms with E-state index in [2.05, 4.69) is 37.3 Å². The van der Waals surface area contributed by atoms with Crippen LogP contribution in [0.4, 0.5) is 17.2 Å². The summed E-state index contributed by atoms with van der Waals surface area (Å²) in [6.45, 7) is 4.38. The minimum absolute atomic E-state index is 0.145. The maximum atomic E-state index is 13.3. The van der Waals surface area contributed by atoms with Crippen molar-refractivity contribution in [2.24, 2.45) is 0 Å². The fraction of sp³-hybridized carbons (Fsp3) is 0.211. The molecule has 5 aromatic rings. The first-order valence-electron chi connectivity index (χ1n) is 17.3. The van der Waals surface area contributed by atoms with Crippen molar-refractivity contribution in [1.29, 1.82) is 0 Å². The zero-order valence-corrected chi connectivity index (χ0v) is 31.6. The van der Waals surface area contributed by atoms with Crippen molar-refractivity contribution in [3.63, 3.8) is 0 Å². The highest BCUT2D eigenvalue weighted by Gasteiger charge is 2.26. The van der Waals surface area contributed by atoms with Gasteiger partial charge in [-0.15, -0.1) is 22.0 Å². The highest BCUT2D eigenvalue weighted by molar-refractivity contribution is 7.99. The Morgan fingerprint density at radius 3 is 2.34 bits per heavy atom. The van der Waals surface area contributed by atoms with Crippen LogP contribution >= 0.6 is 11.8 Å². The van der Waals surface area contributed by atoms with Crippen molar-refractivity contribution in [2.45, 2.75) is 16.7 Å². The number of nitro groups is 1. The standard InChI is InChI=1S/C38H35N9O7S2/c1-2-54-30-21-28(24-40-26-30)9-8-27-20-29(25-39-23-27)38(49)46-17-15-45(16-18-46)36-13-12-34(42-43-36)37(48)44-56(52,53)32-10-11-33(35(22-32)47(50)51)41-14-19-55-31-6-4-3-5-7-31/h3-7,10-13,20-26,41H,2,14-19H2,1H3,(H,44,48). The topological polar surface area (TPSA) is 203 Å². The van der Waals surface area contributed by atoms with Gasteiger partial charge in [0.05, 0.1) is 28.2 Å². The van der Waals surface area contributed by atoms with Crippen molar-refractivity contribution in [3.8, 4) is 17.6 Å². The molecule has 0 unspecified atom stereocenters. The molecule has 0 aliphatic carbocycles. The number of amides is 2. The lowest BCUT2D eigenvalue weighted by atomic mass is 10.1. The van der Waals surface area contributed by atoms with Crippen LogP contribution in [-0.4, -0.2) is 95.3 Å². The van der Waals surface area contributed by atoms with Gasteiger partial charge in [0.2, 0.25) is 0 Å².